The van der Waals surface area contributed by atoms with Crippen molar-refractivity contribution in [3.8, 4) is 0 Å². The number of β-amino-alcohol motifs (C(OH)–C–C–N with tert-alkyl or cyclic N) is 1. The number of aliphatic hydroxyl groups excluding tert-OH is 1. The molecule has 0 saturated carbocycles. The first kappa shape index (κ1) is 34.7. The van der Waals surface area contributed by atoms with Crippen molar-refractivity contribution in [3.05, 3.63) is 105 Å². The highest BCUT2D eigenvalue weighted by molar-refractivity contribution is 6.31. The lowest BCUT2D eigenvalue weighted by molar-refractivity contribution is -0.146. The van der Waals surface area contributed by atoms with Crippen molar-refractivity contribution in [3.63, 3.8) is 0 Å². The van der Waals surface area contributed by atoms with Gasteiger partial charge in [-0.2, -0.15) is 0 Å². The van der Waals surface area contributed by atoms with Crippen LogP contribution >= 0.6 is 34.8 Å². The number of amides is 3. The van der Waals surface area contributed by atoms with Gasteiger partial charge in [-0.05, 0) is 97.8 Å². The van der Waals surface area contributed by atoms with Crippen LogP contribution in [0.2, 0.25) is 15.1 Å². The minimum Gasteiger partial charge on any atom is -0.391 e. The van der Waals surface area contributed by atoms with Crippen molar-refractivity contribution in [1.29, 1.82) is 0 Å². The topological polar surface area (TPSA) is 102 Å². The second-order valence-electron chi connectivity index (χ2n) is 13.2. The zero-order chi connectivity index (χ0) is 33.8. The van der Waals surface area contributed by atoms with Gasteiger partial charge >= 0.3 is 0 Å². The van der Waals surface area contributed by atoms with E-state index in [2.05, 4.69) is 10.6 Å². The van der Waals surface area contributed by atoms with Gasteiger partial charge in [0.1, 0.15) is 12.1 Å². The van der Waals surface area contributed by atoms with Crippen LogP contribution in [0, 0.1) is 5.92 Å². The molecule has 3 fully saturated rings. The summed E-state index contributed by atoms with van der Waals surface area (Å²) in [4.78, 5) is 45.3. The average Bonchev–Trinajstić information content (AvgIpc) is 3.75. The average molecular weight is 712 g/mol. The molecule has 3 N–H and O–H groups in total. The van der Waals surface area contributed by atoms with E-state index < -0.39 is 23.6 Å². The van der Waals surface area contributed by atoms with Gasteiger partial charge in [0.25, 0.3) is 0 Å². The van der Waals surface area contributed by atoms with E-state index in [0.29, 0.717) is 46.9 Å². The molecule has 3 aliphatic heterocycles. The van der Waals surface area contributed by atoms with Gasteiger partial charge in [-0.3, -0.25) is 14.4 Å². The molecule has 48 heavy (non-hydrogen) atoms. The van der Waals surface area contributed by atoms with Gasteiger partial charge in [0.15, 0.2) is 0 Å². The third-order valence-electron chi connectivity index (χ3n) is 10.1. The molecule has 0 bridgehead atoms. The number of carbonyl (C=O) groups is 3. The third kappa shape index (κ3) is 7.38. The van der Waals surface area contributed by atoms with E-state index in [1.807, 2.05) is 36.4 Å². The summed E-state index contributed by atoms with van der Waals surface area (Å²) in [5, 5.41) is 19.0. The molecule has 8 nitrogen and oxygen atoms in total. The maximum absolute atomic E-state index is 14.6. The summed E-state index contributed by atoms with van der Waals surface area (Å²) in [6, 6.07) is 20.6. The molecule has 3 aromatic rings. The molecule has 0 spiro atoms. The minimum absolute atomic E-state index is 0.0204. The Hall–Kier alpha value is -3.14. The molecule has 3 aliphatic rings. The highest BCUT2D eigenvalue weighted by atomic mass is 35.5. The lowest BCUT2D eigenvalue weighted by atomic mass is 9.67. The molecule has 11 heteroatoms. The normalized spacial score (nSPS) is 22.9. The summed E-state index contributed by atoms with van der Waals surface area (Å²) in [5.74, 6) is -0.384. The number of hydrogen-bond donors (Lipinski definition) is 3. The molecular formula is C37H41Cl3N4O4. The highest BCUT2D eigenvalue weighted by Crippen LogP contribution is 2.44. The van der Waals surface area contributed by atoms with Crippen LogP contribution in [-0.4, -0.2) is 83.5 Å². The fraction of sp³-hybridized carbons (Fsp3) is 0.432. The summed E-state index contributed by atoms with van der Waals surface area (Å²) in [5.41, 5.74) is 1.44. The van der Waals surface area contributed by atoms with Gasteiger partial charge in [-0.25, -0.2) is 0 Å². The van der Waals surface area contributed by atoms with E-state index in [9.17, 15) is 19.5 Å². The van der Waals surface area contributed by atoms with Crippen LogP contribution in [0.1, 0.15) is 55.2 Å². The molecule has 0 radical (unpaired) electrons. The molecule has 0 unspecified atom stereocenters. The number of likely N-dealkylation sites (tertiary alicyclic amines) is 2. The summed E-state index contributed by atoms with van der Waals surface area (Å²) in [7, 11) is 0. The highest BCUT2D eigenvalue weighted by Gasteiger charge is 2.47. The first-order chi connectivity index (χ1) is 23.2. The molecule has 0 aliphatic carbocycles. The second-order valence-corrected chi connectivity index (χ2v) is 14.5. The summed E-state index contributed by atoms with van der Waals surface area (Å²) >= 11 is 19.0. The SMILES string of the molecule is O=C(NC[C@H]1CCCNC1)[C@H]1CCCN1C(=O)[C@@H]1C[C@@H](O)CN1C(=O)CC(c1ccc(Cl)cc1)(c1ccc(Cl)cc1)c1ccc(Cl)cc1. The van der Waals surface area contributed by atoms with Crippen molar-refractivity contribution >= 4 is 52.5 Å². The number of halogens is 3. The van der Waals surface area contributed by atoms with E-state index in [0.717, 1.165) is 42.6 Å². The predicted octanol–water partition coefficient (Wildman–Crippen LogP) is 5.44. The second kappa shape index (κ2) is 15.2. The Balaban J connectivity index is 1.30. The number of benzene rings is 3. The van der Waals surface area contributed by atoms with E-state index >= 15 is 0 Å². The smallest absolute Gasteiger partial charge is 0.246 e. The van der Waals surface area contributed by atoms with Crippen molar-refractivity contribution in [2.75, 3.05) is 32.7 Å². The number of piperidine rings is 1. The van der Waals surface area contributed by atoms with Crippen LogP contribution in [0.4, 0.5) is 0 Å². The number of carbonyl (C=O) groups excluding carboxylic acids is 3. The van der Waals surface area contributed by atoms with Gasteiger partial charge in [0.05, 0.1) is 11.5 Å². The van der Waals surface area contributed by atoms with E-state index in [1.165, 1.54) is 4.90 Å². The molecule has 0 aromatic heterocycles. The first-order valence-corrected chi connectivity index (χ1v) is 17.8. The zero-order valence-corrected chi connectivity index (χ0v) is 29.0. The van der Waals surface area contributed by atoms with Crippen LogP contribution in [0.3, 0.4) is 0 Å². The monoisotopic (exact) mass is 710 g/mol. The Morgan fingerprint density at radius 2 is 1.35 bits per heavy atom. The van der Waals surface area contributed by atoms with E-state index in [4.69, 9.17) is 34.8 Å². The van der Waals surface area contributed by atoms with E-state index in [1.54, 1.807) is 41.3 Å². The van der Waals surface area contributed by atoms with Gasteiger partial charge in [-0.15, -0.1) is 0 Å². The summed E-state index contributed by atoms with van der Waals surface area (Å²) in [6.45, 7) is 2.89. The molecule has 3 saturated heterocycles. The Kier molecular flexibility index (Phi) is 11.0. The number of hydrogen-bond acceptors (Lipinski definition) is 5. The van der Waals surface area contributed by atoms with Crippen molar-refractivity contribution < 1.29 is 19.5 Å². The first-order valence-electron chi connectivity index (χ1n) is 16.7. The van der Waals surface area contributed by atoms with E-state index in [-0.39, 0.29) is 37.1 Å². The van der Waals surface area contributed by atoms with Gasteiger partial charge < -0.3 is 25.5 Å². The van der Waals surface area contributed by atoms with Gasteiger partial charge in [0, 0.05) is 47.5 Å². The number of nitrogens with zero attached hydrogens (tertiary/aromatic N) is 2. The van der Waals surface area contributed by atoms with Crippen LogP contribution < -0.4 is 10.6 Å². The van der Waals surface area contributed by atoms with Crippen LogP contribution in [-0.2, 0) is 19.8 Å². The fourth-order valence-corrected chi connectivity index (χ4v) is 7.99. The standard InChI is InChI=1S/C37H41Cl3N4O4/c38-28-11-5-25(6-12-28)37(26-7-13-29(39)14-8-26,27-9-15-30(40)16-10-27)20-34(46)44-23-31(45)19-33(44)36(48)43-18-2-4-32(43)35(47)42-22-24-3-1-17-41-21-24/h5-16,24,31-33,41,45H,1-4,17-23H2,(H,42,47)/t24-,31+,32+,33-/m0/s1. The molecule has 3 amide bonds. The Morgan fingerprint density at radius 3 is 1.88 bits per heavy atom. The summed E-state index contributed by atoms with van der Waals surface area (Å²) in [6.07, 6.45) is 2.60. The van der Waals surface area contributed by atoms with Gasteiger partial charge in [-0.1, -0.05) is 71.2 Å². The molecule has 254 valence electrons. The predicted molar refractivity (Wildman–Crippen MR) is 188 cm³/mol. The van der Waals surface area contributed by atoms with Gasteiger partial charge in [0.2, 0.25) is 17.7 Å². The Bertz CT molecular complexity index is 1490. The molecule has 4 atom stereocenters. The molecule has 6 rings (SSSR count). The lowest BCUT2D eigenvalue weighted by Gasteiger charge is -2.38. The van der Waals surface area contributed by atoms with Crippen LogP contribution in [0.5, 0.6) is 0 Å². The number of rotatable bonds is 9. The zero-order valence-electron chi connectivity index (χ0n) is 26.7. The minimum atomic E-state index is -1.01. The Labute approximate surface area is 296 Å². The number of aliphatic hydroxyl groups is 1. The number of nitrogens with one attached hydrogen (secondary N) is 2. The molecular weight excluding hydrogens is 671 g/mol. The maximum Gasteiger partial charge on any atom is 0.246 e. The molecule has 3 aromatic carbocycles. The maximum atomic E-state index is 14.6. The van der Waals surface area contributed by atoms with Crippen LogP contribution in [0.15, 0.2) is 72.8 Å². The van der Waals surface area contributed by atoms with Crippen molar-refractivity contribution in [1.82, 2.24) is 20.4 Å². The summed E-state index contributed by atoms with van der Waals surface area (Å²) < 4.78 is 0. The van der Waals surface area contributed by atoms with Crippen LogP contribution in [0.25, 0.3) is 0 Å². The Morgan fingerprint density at radius 1 is 0.792 bits per heavy atom. The fourth-order valence-electron chi connectivity index (χ4n) is 7.62. The largest absolute Gasteiger partial charge is 0.391 e. The van der Waals surface area contributed by atoms with Crippen molar-refractivity contribution in [2.24, 2.45) is 5.92 Å². The quantitative estimate of drug-likeness (QED) is 0.257. The lowest BCUT2D eigenvalue weighted by Crippen LogP contribution is -2.54. The molecule has 3 heterocycles. The third-order valence-corrected chi connectivity index (χ3v) is 10.9. The van der Waals surface area contributed by atoms with Crippen molar-refractivity contribution in [2.45, 2.75) is 62.1 Å².